The number of nitrogens with zero attached hydrogens (tertiary/aromatic N) is 3. The molecule has 0 spiro atoms. The van der Waals surface area contributed by atoms with Crippen LogP contribution in [0.15, 0.2) is 54.6 Å². The number of methoxy groups -OCH3 is 2. The zero-order chi connectivity index (χ0) is 26.2. The van der Waals surface area contributed by atoms with Crippen molar-refractivity contribution in [2.24, 2.45) is 5.92 Å². The minimum atomic E-state index is -5.05. The molecule has 10 heteroatoms. The first-order valence-electron chi connectivity index (χ1n) is 12.1. The average molecular weight is 513 g/mol. The van der Waals surface area contributed by atoms with E-state index in [1.54, 1.807) is 24.3 Å². The molecular formula is C27H27F3N4O3. The van der Waals surface area contributed by atoms with E-state index in [9.17, 15) is 18.0 Å². The quantitative estimate of drug-likeness (QED) is 0.423. The molecule has 1 amide bonds. The summed E-state index contributed by atoms with van der Waals surface area (Å²) in [5, 5.41) is 3.54. The molecule has 2 unspecified atom stereocenters. The smallest absolute Gasteiger partial charge is 0.472 e. The lowest BCUT2D eigenvalue weighted by molar-refractivity contribution is -0.169. The first-order valence-corrected chi connectivity index (χ1v) is 12.1. The summed E-state index contributed by atoms with van der Waals surface area (Å²) in [6.45, 7) is 0.981. The summed E-state index contributed by atoms with van der Waals surface area (Å²) in [4.78, 5) is 21.8. The Morgan fingerprint density at radius 3 is 2.27 bits per heavy atom. The molecule has 0 bridgehead atoms. The average Bonchev–Trinajstić information content (AvgIpc) is 3.83. The Balaban J connectivity index is 1.43. The fraction of sp³-hybridized carbons (Fsp3) is 0.370. The van der Waals surface area contributed by atoms with Gasteiger partial charge in [0.05, 0.1) is 20.3 Å². The molecule has 2 fully saturated rings. The van der Waals surface area contributed by atoms with Gasteiger partial charge >= 0.3 is 12.1 Å². The Morgan fingerprint density at radius 1 is 1.00 bits per heavy atom. The zero-order valence-corrected chi connectivity index (χ0v) is 20.5. The highest BCUT2D eigenvalue weighted by atomic mass is 19.4. The van der Waals surface area contributed by atoms with Gasteiger partial charge in [-0.15, -0.1) is 0 Å². The number of halogens is 3. The highest BCUT2D eigenvalue weighted by Gasteiger charge is 2.44. The highest BCUT2D eigenvalue weighted by molar-refractivity contribution is 6.03. The van der Waals surface area contributed by atoms with Crippen LogP contribution in [0.1, 0.15) is 30.7 Å². The van der Waals surface area contributed by atoms with Crippen LogP contribution >= 0.6 is 0 Å². The molecule has 5 rings (SSSR count). The number of anilines is 2. The van der Waals surface area contributed by atoms with Crippen LogP contribution in [0.2, 0.25) is 0 Å². The molecule has 1 aromatic heterocycles. The number of amides is 1. The number of alkyl halides is 3. The van der Waals surface area contributed by atoms with Gasteiger partial charge in [0.25, 0.3) is 0 Å². The topological polar surface area (TPSA) is 76.6 Å². The van der Waals surface area contributed by atoms with Gasteiger partial charge in [0.2, 0.25) is 11.8 Å². The second-order valence-corrected chi connectivity index (χ2v) is 9.36. The van der Waals surface area contributed by atoms with Gasteiger partial charge in [-0.25, -0.2) is 0 Å². The molecule has 2 aliphatic rings. The van der Waals surface area contributed by atoms with Gasteiger partial charge in [-0.05, 0) is 73.7 Å². The fourth-order valence-electron chi connectivity index (χ4n) is 4.34. The maximum Gasteiger partial charge on any atom is 0.472 e. The normalized spacial score (nSPS) is 18.8. The summed E-state index contributed by atoms with van der Waals surface area (Å²) in [6.07, 6.45) is -1.61. The van der Waals surface area contributed by atoms with Crippen molar-refractivity contribution in [2.45, 2.75) is 37.4 Å². The van der Waals surface area contributed by atoms with Crippen LogP contribution < -0.4 is 19.7 Å². The van der Waals surface area contributed by atoms with E-state index >= 15 is 0 Å². The molecule has 1 N–H and O–H groups in total. The lowest BCUT2D eigenvalue weighted by atomic mass is 10.1. The SMILES string of the molecule is COc1cc(OC)nc(-c2ccc(N(C(=O)C(F)(F)F)c3cccc(C4CC4NCC4CC4)c3)cc2)n1. The van der Waals surface area contributed by atoms with Crippen LogP contribution in [0.25, 0.3) is 11.4 Å². The van der Waals surface area contributed by atoms with Crippen molar-refractivity contribution in [3.05, 3.63) is 60.2 Å². The lowest BCUT2D eigenvalue weighted by Crippen LogP contribution is -2.38. The van der Waals surface area contributed by atoms with Crippen LogP contribution in [0.3, 0.4) is 0 Å². The van der Waals surface area contributed by atoms with E-state index in [0.717, 1.165) is 24.4 Å². The molecule has 0 aliphatic heterocycles. The standard InChI is InChI=1S/C27H27F3N4O3/c1-36-23-14-24(37-2)33-25(32-23)17-8-10-19(11-9-17)34(26(35)27(28,29)30)20-5-3-4-18(12-20)21-13-22(21)31-15-16-6-7-16/h3-5,8-12,14,16,21-22,31H,6-7,13,15H2,1-2H3. The van der Waals surface area contributed by atoms with E-state index in [1.165, 1.54) is 51.3 Å². The molecule has 0 saturated heterocycles. The molecule has 7 nitrogen and oxygen atoms in total. The third-order valence-corrected chi connectivity index (χ3v) is 6.64. The van der Waals surface area contributed by atoms with Crippen molar-refractivity contribution in [1.82, 2.24) is 15.3 Å². The van der Waals surface area contributed by atoms with Gasteiger partial charge in [-0.3, -0.25) is 9.69 Å². The second kappa shape index (κ2) is 10.0. The summed E-state index contributed by atoms with van der Waals surface area (Å²) in [5.74, 6) is -0.154. The lowest BCUT2D eigenvalue weighted by Gasteiger charge is -2.25. The van der Waals surface area contributed by atoms with E-state index in [4.69, 9.17) is 9.47 Å². The number of carbonyl (C=O) groups excluding carboxylic acids is 1. The molecule has 2 saturated carbocycles. The highest BCUT2D eigenvalue weighted by Crippen LogP contribution is 2.43. The Labute approximate surface area is 212 Å². The summed E-state index contributed by atoms with van der Waals surface area (Å²) in [6, 6.07) is 14.6. The molecule has 0 radical (unpaired) electrons. The molecular weight excluding hydrogens is 485 g/mol. The summed E-state index contributed by atoms with van der Waals surface area (Å²) >= 11 is 0. The van der Waals surface area contributed by atoms with Crippen LogP contribution in [-0.2, 0) is 4.79 Å². The Morgan fingerprint density at radius 2 is 1.68 bits per heavy atom. The van der Waals surface area contributed by atoms with E-state index in [0.29, 0.717) is 16.5 Å². The summed E-state index contributed by atoms with van der Waals surface area (Å²) in [5.41, 5.74) is 1.69. The number of nitrogens with one attached hydrogen (secondary N) is 1. The number of hydrogen-bond acceptors (Lipinski definition) is 6. The third-order valence-electron chi connectivity index (χ3n) is 6.64. The van der Waals surface area contributed by atoms with Crippen molar-refractivity contribution in [3.63, 3.8) is 0 Å². The van der Waals surface area contributed by atoms with Gasteiger partial charge in [-0.1, -0.05) is 12.1 Å². The van der Waals surface area contributed by atoms with Crippen molar-refractivity contribution in [3.8, 4) is 23.1 Å². The monoisotopic (exact) mass is 512 g/mol. The number of carbonyl (C=O) groups is 1. The molecule has 2 aromatic carbocycles. The first-order chi connectivity index (χ1) is 17.8. The van der Waals surface area contributed by atoms with E-state index < -0.39 is 12.1 Å². The largest absolute Gasteiger partial charge is 0.481 e. The van der Waals surface area contributed by atoms with Crippen LogP contribution in [0.4, 0.5) is 24.5 Å². The van der Waals surface area contributed by atoms with Gasteiger partial charge in [0.15, 0.2) is 5.82 Å². The van der Waals surface area contributed by atoms with Crippen molar-refractivity contribution in [2.75, 3.05) is 25.7 Å². The molecule has 3 aromatic rings. The predicted octanol–water partition coefficient (Wildman–Crippen LogP) is 5.24. The minimum absolute atomic E-state index is 0.0808. The molecule has 194 valence electrons. The van der Waals surface area contributed by atoms with Gasteiger partial charge < -0.3 is 14.8 Å². The maximum absolute atomic E-state index is 13.6. The Kier molecular flexibility index (Phi) is 6.76. The zero-order valence-electron chi connectivity index (χ0n) is 20.5. The maximum atomic E-state index is 13.6. The van der Waals surface area contributed by atoms with Crippen molar-refractivity contribution in [1.29, 1.82) is 0 Å². The minimum Gasteiger partial charge on any atom is -0.481 e. The van der Waals surface area contributed by atoms with Gasteiger partial charge in [0.1, 0.15) is 0 Å². The van der Waals surface area contributed by atoms with Gasteiger partial charge in [-0.2, -0.15) is 23.1 Å². The predicted molar refractivity (Wildman–Crippen MR) is 132 cm³/mol. The van der Waals surface area contributed by atoms with Gasteiger partial charge in [0, 0.05) is 28.9 Å². The van der Waals surface area contributed by atoms with E-state index in [2.05, 4.69) is 15.3 Å². The number of rotatable bonds is 9. The number of ether oxygens (including phenoxy) is 2. The fourth-order valence-corrected chi connectivity index (χ4v) is 4.34. The summed E-state index contributed by atoms with van der Waals surface area (Å²) in [7, 11) is 2.91. The van der Waals surface area contributed by atoms with Crippen LogP contribution in [0.5, 0.6) is 11.8 Å². The van der Waals surface area contributed by atoms with Crippen LogP contribution in [-0.4, -0.2) is 48.9 Å². The number of benzene rings is 2. The number of aromatic nitrogens is 2. The Hall–Kier alpha value is -3.66. The van der Waals surface area contributed by atoms with Crippen LogP contribution in [0, 0.1) is 5.92 Å². The molecule has 2 aliphatic carbocycles. The van der Waals surface area contributed by atoms with Crippen molar-refractivity contribution >= 4 is 17.3 Å². The van der Waals surface area contributed by atoms with Crippen molar-refractivity contribution < 1.29 is 27.4 Å². The molecule has 1 heterocycles. The number of hydrogen-bond donors (Lipinski definition) is 1. The first kappa shape index (κ1) is 25.0. The van der Waals surface area contributed by atoms with E-state index in [-0.39, 0.29) is 34.9 Å². The second-order valence-electron chi connectivity index (χ2n) is 9.36. The third kappa shape index (κ3) is 5.69. The van der Waals surface area contributed by atoms with E-state index in [1.807, 2.05) is 6.07 Å². The Bertz CT molecular complexity index is 1260. The molecule has 37 heavy (non-hydrogen) atoms. The molecule has 2 atom stereocenters. The summed E-state index contributed by atoms with van der Waals surface area (Å²) < 4.78 is 51.3.